The second-order valence-corrected chi connectivity index (χ2v) is 4.73. The molecule has 2 aromatic rings. The van der Waals surface area contributed by atoms with Crippen molar-refractivity contribution < 1.29 is 9.21 Å². The van der Waals surface area contributed by atoms with Crippen LogP contribution in [0, 0.1) is 0 Å². The lowest BCUT2D eigenvalue weighted by Gasteiger charge is -2.19. The molecule has 0 amide bonds. The van der Waals surface area contributed by atoms with Gasteiger partial charge in [-0.15, -0.1) is 0 Å². The maximum atomic E-state index is 10.6. The number of fused-ring (bicyclic) bond motifs is 1. The van der Waals surface area contributed by atoms with E-state index in [-0.39, 0.29) is 5.41 Å². The number of benzene rings is 1. The fourth-order valence-corrected chi connectivity index (χ4v) is 1.79. The fourth-order valence-electron chi connectivity index (χ4n) is 1.79. The van der Waals surface area contributed by atoms with E-state index in [2.05, 4.69) is 26.8 Å². The molecule has 0 aliphatic heterocycles. The van der Waals surface area contributed by atoms with Gasteiger partial charge in [-0.2, -0.15) is 0 Å². The summed E-state index contributed by atoms with van der Waals surface area (Å²) in [5, 5.41) is 1.03. The molecule has 0 saturated carbocycles. The largest absolute Gasteiger partial charge is 0.453 e. The Bertz CT molecular complexity index is 501. The minimum atomic E-state index is 0.0591. The number of rotatable bonds is 1. The van der Waals surface area contributed by atoms with Crippen molar-refractivity contribution in [3.8, 4) is 0 Å². The standard InChI is InChI=1S/C13H14O2/c1-13(2,3)11-5-4-6-12-10(11)7-9(8-14)15-12/h4-8H,1-3H3. The highest BCUT2D eigenvalue weighted by Gasteiger charge is 2.18. The third-order valence-corrected chi connectivity index (χ3v) is 2.50. The molecule has 15 heavy (non-hydrogen) atoms. The zero-order valence-electron chi connectivity index (χ0n) is 9.20. The van der Waals surface area contributed by atoms with Gasteiger partial charge in [-0.3, -0.25) is 4.79 Å². The normalized spacial score (nSPS) is 11.9. The molecule has 0 aliphatic carbocycles. The van der Waals surface area contributed by atoms with Gasteiger partial charge in [-0.1, -0.05) is 32.9 Å². The van der Waals surface area contributed by atoms with Gasteiger partial charge in [0.25, 0.3) is 0 Å². The van der Waals surface area contributed by atoms with Gasteiger partial charge in [-0.25, -0.2) is 0 Å². The lowest BCUT2D eigenvalue weighted by molar-refractivity contribution is 0.110. The van der Waals surface area contributed by atoms with E-state index in [0.717, 1.165) is 17.3 Å². The van der Waals surface area contributed by atoms with Crippen LogP contribution in [0.2, 0.25) is 0 Å². The van der Waals surface area contributed by atoms with Crippen LogP contribution in [0.4, 0.5) is 0 Å². The van der Waals surface area contributed by atoms with Crippen LogP contribution >= 0.6 is 0 Å². The lowest BCUT2D eigenvalue weighted by atomic mass is 9.85. The second-order valence-electron chi connectivity index (χ2n) is 4.73. The molecule has 0 atom stereocenters. The molecule has 0 N–H and O–H groups in total. The highest BCUT2D eigenvalue weighted by Crippen LogP contribution is 2.31. The van der Waals surface area contributed by atoms with Gasteiger partial charge in [0.1, 0.15) is 5.58 Å². The van der Waals surface area contributed by atoms with E-state index in [1.807, 2.05) is 18.2 Å². The molecule has 0 saturated heterocycles. The predicted octanol–water partition coefficient (Wildman–Crippen LogP) is 3.54. The first-order valence-electron chi connectivity index (χ1n) is 5.00. The van der Waals surface area contributed by atoms with Gasteiger partial charge < -0.3 is 4.42 Å². The molecule has 2 nitrogen and oxygen atoms in total. The minimum Gasteiger partial charge on any atom is -0.453 e. The molecule has 0 aliphatic rings. The average Bonchev–Trinajstić information content (AvgIpc) is 2.57. The van der Waals surface area contributed by atoms with E-state index >= 15 is 0 Å². The summed E-state index contributed by atoms with van der Waals surface area (Å²) in [6.45, 7) is 6.44. The highest BCUT2D eigenvalue weighted by molar-refractivity contribution is 5.88. The third kappa shape index (κ3) is 1.67. The van der Waals surface area contributed by atoms with Crippen LogP contribution in [0.5, 0.6) is 0 Å². The summed E-state index contributed by atoms with van der Waals surface area (Å²) in [5.41, 5.74) is 2.05. The Hall–Kier alpha value is -1.57. The molecule has 0 bridgehead atoms. The number of hydrogen-bond donors (Lipinski definition) is 0. The van der Waals surface area contributed by atoms with Crippen molar-refractivity contribution in [1.29, 1.82) is 0 Å². The Morgan fingerprint density at radius 3 is 2.60 bits per heavy atom. The SMILES string of the molecule is CC(C)(C)c1cccc2oc(C=O)cc12. The number of carbonyl (C=O) groups is 1. The van der Waals surface area contributed by atoms with Crippen molar-refractivity contribution in [2.24, 2.45) is 0 Å². The molecule has 0 fully saturated rings. The van der Waals surface area contributed by atoms with Crippen LogP contribution in [-0.4, -0.2) is 6.29 Å². The molecular formula is C13H14O2. The van der Waals surface area contributed by atoms with Crippen molar-refractivity contribution in [3.63, 3.8) is 0 Å². The Labute approximate surface area is 88.9 Å². The predicted molar refractivity (Wildman–Crippen MR) is 60.3 cm³/mol. The van der Waals surface area contributed by atoms with E-state index in [0.29, 0.717) is 5.76 Å². The van der Waals surface area contributed by atoms with E-state index in [1.54, 1.807) is 0 Å². The lowest BCUT2D eigenvalue weighted by Crippen LogP contribution is -2.10. The van der Waals surface area contributed by atoms with Crippen LogP contribution in [0.3, 0.4) is 0 Å². The Kier molecular flexibility index (Phi) is 2.14. The van der Waals surface area contributed by atoms with Gasteiger partial charge in [-0.05, 0) is 23.1 Å². The van der Waals surface area contributed by atoms with E-state index in [4.69, 9.17) is 4.42 Å². The van der Waals surface area contributed by atoms with E-state index in [1.165, 1.54) is 5.56 Å². The number of furan rings is 1. The summed E-state index contributed by atoms with van der Waals surface area (Å²) in [7, 11) is 0. The topological polar surface area (TPSA) is 30.2 Å². The highest BCUT2D eigenvalue weighted by atomic mass is 16.3. The van der Waals surface area contributed by atoms with E-state index in [9.17, 15) is 4.79 Å². The van der Waals surface area contributed by atoms with Gasteiger partial charge >= 0.3 is 0 Å². The molecule has 1 aromatic heterocycles. The molecule has 1 heterocycles. The van der Waals surface area contributed by atoms with Crippen molar-refractivity contribution in [1.82, 2.24) is 0 Å². The average molecular weight is 202 g/mol. The first kappa shape index (κ1) is 9.97. The van der Waals surface area contributed by atoms with Crippen LogP contribution in [-0.2, 0) is 5.41 Å². The number of hydrogen-bond acceptors (Lipinski definition) is 2. The molecule has 2 rings (SSSR count). The monoisotopic (exact) mass is 202 g/mol. The van der Waals surface area contributed by atoms with Gasteiger partial charge in [0, 0.05) is 5.39 Å². The zero-order chi connectivity index (χ0) is 11.1. The first-order chi connectivity index (χ1) is 7.02. The minimum absolute atomic E-state index is 0.0591. The smallest absolute Gasteiger partial charge is 0.185 e. The quantitative estimate of drug-likeness (QED) is 0.662. The maximum absolute atomic E-state index is 10.6. The maximum Gasteiger partial charge on any atom is 0.185 e. The molecule has 0 radical (unpaired) electrons. The van der Waals surface area contributed by atoms with Crippen molar-refractivity contribution in [2.45, 2.75) is 26.2 Å². The summed E-state index contributed by atoms with van der Waals surface area (Å²) < 4.78 is 5.38. The Morgan fingerprint density at radius 1 is 1.27 bits per heavy atom. The van der Waals surface area contributed by atoms with Crippen molar-refractivity contribution >= 4 is 17.3 Å². The summed E-state index contributed by atoms with van der Waals surface area (Å²) >= 11 is 0. The molecule has 0 unspecified atom stereocenters. The molecule has 2 heteroatoms. The first-order valence-corrected chi connectivity index (χ1v) is 5.00. The Balaban J connectivity index is 2.75. The van der Waals surface area contributed by atoms with Crippen LogP contribution in [0.15, 0.2) is 28.7 Å². The van der Waals surface area contributed by atoms with Crippen molar-refractivity contribution in [3.05, 3.63) is 35.6 Å². The van der Waals surface area contributed by atoms with Crippen LogP contribution in [0.25, 0.3) is 11.0 Å². The van der Waals surface area contributed by atoms with Gasteiger partial charge in [0.15, 0.2) is 12.0 Å². The molecule has 78 valence electrons. The second kappa shape index (κ2) is 3.23. The van der Waals surface area contributed by atoms with Gasteiger partial charge in [0.2, 0.25) is 0 Å². The van der Waals surface area contributed by atoms with Crippen molar-refractivity contribution in [2.75, 3.05) is 0 Å². The third-order valence-electron chi connectivity index (χ3n) is 2.50. The summed E-state index contributed by atoms with van der Waals surface area (Å²) in [5.74, 6) is 0.390. The molecule has 0 spiro atoms. The fraction of sp³-hybridized carbons (Fsp3) is 0.308. The molecular weight excluding hydrogens is 188 g/mol. The van der Waals surface area contributed by atoms with Crippen LogP contribution in [0.1, 0.15) is 36.9 Å². The molecule has 1 aromatic carbocycles. The summed E-state index contributed by atoms with van der Waals surface area (Å²) in [4.78, 5) is 10.6. The summed E-state index contributed by atoms with van der Waals surface area (Å²) in [6, 6.07) is 7.73. The summed E-state index contributed by atoms with van der Waals surface area (Å²) in [6.07, 6.45) is 0.742. The zero-order valence-corrected chi connectivity index (χ0v) is 9.20. The number of carbonyl (C=O) groups excluding carboxylic acids is 1. The van der Waals surface area contributed by atoms with Gasteiger partial charge in [0.05, 0.1) is 0 Å². The number of aldehydes is 1. The Morgan fingerprint density at radius 2 is 2.00 bits per heavy atom. The van der Waals surface area contributed by atoms with E-state index < -0.39 is 0 Å². The van der Waals surface area contributed by atoms with Crippen LogP contribution < -0.4 is 0 Å².